The number of hydrogen-bond acceptors (Lipinski definition) is 3. The van der Waals surface area contributed by atoms with Crippen molar-refractivity contribution in [3.8, 4) is 0 Å². The Morgan fingerprint density at radius 3 is 2.92 bits per heavy atom. The van der Waals surface area contributed by atoms with Crippen LogP contribution in [0.25, 0.3) is 5.57 Å². The summed E-state index contributed by atoms with van der Waals surface area (Å²) in [5.41, 5.74) is 7.90. The number of halogens is 1. The first-order valence-electron chi connectivity index (χ1n) is 4.25. The third kappa shape index (κ3) is 1.65. The molecule has 1 aliphatic carbocycles. The molecule has 0 saturated heterocycles. The lowest BCUT2D eigenvalue weighted by atomic mass is 10.1. The van der Waals surface area contributed by atoms with Gasteiger partial charge in [-0.3, -0.25) is 0 Å². The molecule has 3 nitrogen and oxygen atoms in total. The third-order valence-electron chi connectivity index (χ3n) is 2.18. The van der Waals surface area contributed by atoms with Crippen molar-refractivity contribution in [1.82, 2.24) is 9.97 Å². The predicted octanol–water partition coefficient (Wildman–Crippen LogP) is 2.28. The van der Waals surface area contributed by atoms with Gasteiger partial charge in [-0.25, -0.2) is 9.97 Å². The molecule has 1 aliphatic rings. The quantitative estimate of drug-likeness (QED) is 0.700. The molecular weight excluding hydrogens is 186 g/mol. The summed E-state index contributed by atoms with van der Waals surface area (Å²) < 4.78 is 0. The molecule has 1 heterocycles. The molecule has 0 fully saturated rings. The Morgan fingerprint density at radius 1 is 1.46 bits per heavy atom. The fraction of sp³-hybridized carbons (Fsp3) is 0.333. The zero-order chi connectivity index (χ0) is 9.26. The molecule has 13 heavy (non-hydrogen) atoms. The second-order valence-corrected chi connectivity index (χ2v) is 3.40. The number of nitrogens with zero attached hydrogens (tertiary/aromatic N) is 2. The van der Waals surface area contributed by atoms with E-state index in [2.05, 4.69) is 16.0 Å². The van der Waals surface area contributed by atoms with Crippen molar-refractivity contribution < 1.29 is 0 Å². The minimum absolute atomic E-state index is 0.208. The largest absolute Gasteiger partial charge is 0.383 e. The normalized spacial score (nSPS) is 15.9. The number of hydrogen-bond donors (Lipinski definition) is 1. The van der Waals surface area contributed by atoms with E-state index in [-0.39, 0.29) is 5.28 Å². The van der Waals surface area contributed by atoms with Crippen LogP contribution in [0.4, 0.5) is 5.82 Å². The summed E-state index contributed by atoms with van der Waals surface area (Å²) >= 11 is 5.60. The van der Waals surface area contributed by atoms with Crippen LogP contribution in [-0.4, -0.2) is 9.97 Å². The molecule has 0 aromatic carbocycles. The smallest absolute Gasteiger partial charge is 0.224 e. The van der Waals surface area contributed by atoms with Crippen LogP contribution in [0.1, 0.15) is 24.8 Å². The van der Waals surface area contributed by atoms with Crippen molar-refractivity contribution in [1.29, 1.82) is 0 Å². The maximum Gasteiger partial charge on any atom is 0.224 e. The van der Waals surface area contributed by atoms with Crippen LogP contribution in [0.3, 0.4) is 0 Å². The highest BCUT2D eigenvalue weighted by atomic mass is 35.5. The van der Waals surface area contributed by atoms with Crippen molar-refractivity contribution in [2.24, 2.45) is 0 Å². The molecule has 1 aromatic rings. The predicted molar refractivity (Wildman–Crippen MR) is 53.3 cm³/mol. The van der Waals surface area contributed by atoms with Gasteiger partial charge in [0.25, 0.3) is 0 Å². The number of aromatic nitrogens is 2. The average molecular weight is 196 g/mol. The summed E-state index contributed by atoms with van der Waals surface area (Å²) in [6.07, 6.45) is 7.26. The Bertz CT molecular complexity index is 360. The van der Waals surface area contributed by atoms with E-state index < -0.39 is 0 Å². The van der Waals surface area contributed by atoms with Crippen LogP contribution in [0, 0.1) is 0 Å². The molecule has 0 aliphatic heterocycles. The Balaban J connectivity index is 2.40. The first-order chi connectivity index (χ1) is 6.27. The Labute approximate surface area is 81.6 Å². The fourth-order valence-corrected chi connectivity index (χ4v) is 1.68. The van der Waals surface area contributed by atoms with Crippen LogP contribution >= 0.6 is 11.6 Å². The fourth-order valence-electron chi connectivity index (χ4n) is 1.54. The van der Waals surface area contributed by atoms with Gasteiger partial charge in [0.05, 0.1) is 0 Å². The topological polar surface area (TPSA) is 51.8 Å². The molecule has 68 valence electrons. The molecule has 0 spiro atoms. The number of anilines is 1. The molecular formula is C9H10ClN3. The van der Waals surface area contributed by atoms with Gasteiger partial charge in [-0.2, -0.15) is 0 Å². The molecule has 0 unspecified atom stereocenters. The van der Waals surface area contributed by atoms with Gasteiger partial charge in [-0.1, -0.05) is 6.08 Å². The van der Waals surface area contributed by atoms with E-state index in [1.807, 2.05) is 0 Å². The zero-order valence-electron chi connectivity index (χ0n) is 7.13. The highest BCUT2D eigenvalue weighted by Crippen LogP contribution is 2.29. The number of allylic oxidation sites excluding steroid dienone is 2. The van der Waals surface area contributed by atoms with Gasteiger partial charge in [-0.15, -0.1) is 0 Å². The molecule has 0 atom stereocenters. The van der Waals surface area contributed by atoms with Crippen molar-refractivity contribution in [3.05, 3.63) is 23.1 Å². The van der Waals surface area contributed by atoms with Crippen LogP contribution in [0.15, 0.2) is 12.3 Å². The average Bonchev–Trinajstić information content (AvgIpc) is 2.56. The van der Waals surface area contributed by atoms with Crippen molar-refractivity contribution in [3.63, 3.8) is 0 Å². The Hall–Kier alpha value is -1.09. The van der Waals surface area contributed by atoms with Crippen LogP contribution < -0.4 is 5.73 Å². The van der Waals surface area contributed by atoms with Gasteiger partial charge >= 0.3 is 0 Å². The van der Waals surface area contributed by atoms with Crippen molar-refractivity contribution >= 4 is 23.0 Å². The zero-order valence-corrected chi connectivity index (χ0v) is 7.88. The van der Waals surface area contributed by atoms with Gasteiger partial charge in [-0.05, 0) is 36.4 Å². The molecule has 0 saturated carbocycles. The lowest BCUT2D eigenvalue weighted by Gasteiger charge is -2.04. The summed E-state index contributed by atoms with van der Waals surface area (Å²) in [6.45, 7) is 0. The molecule has 1 aromatic heterocycles. The van der Waals surface area contributed by atoms with Crippen LogP contribution in [0.5, 0.6) is 0 Å². The molecule has 2 N–H and O–H groups in total. The van der Waals surface area contributed by atoms with Crippen molar-refractivity contribution in [2.75, 3.05) is 5.73 Å². The van der Waals surface area contributed by atoms with E-state index in [9.17, 15) is 0 Å². The second-order valence-electron chi connectivity index (χ2n) is 3.06. The maximum atomic E-state index is 5.72. The Kier molecular flexibility index (Phi) is 2.19. The Morgan fingerprint density at radius 2 is 2.31 bits per heavy atom. The van der Waals surface area contributed by atoms with Gasteiger partial charge < -0.3 is 5.73 Å². The number of nitrogens with two attached hydrogens (primary N) is 1. The number of rotatable bonds is 1. The lowest BCUT2D eigenvalue weighted by molar-refractivity contribution is 0.934. The summed E-state index contributed by atoms with van der Waals surface area (Å²) in [7, 11) is 0. The lowest BCUT2D eigenvalue weighted by Crippen LogP contribution is -1.98. The molecule has 2 rings (SSSR count). The van der Waals surface area contributed by atoms with E-state index in [0.717, 1.165) is 18.4 Å². The molecule has 0 radical (unpaired) electrons. The SMILES string of the molecule is Nc1nc(Cl)ncc1C1=CCCC1. The van der Waals surface area contributed by atoms with E-state index >= 15 is 0 Å². The van der Waals surface area contributed by atoms with Gasteiger partial charge in [0.1, 0.15) is 5.82 Å². The van der Waals surface area contributed by atoms with E-state index in [0.29, 0.717) is 5.82 Å². The van der Waals surface area contributed by atoms with E-state index in [4.69, 9.17) is 17.3 Å². The first-order valence-corrected chi connectivity index (χ1v) is 4.62. The minimum Gasteiger partial charge on any atom is -0.383 e. The van der Waals surface area contributed by atoms with Gasteiger partial charge in [0.2, 0.25) is 5.28 Å². The van der Waals surface area contributed by atoms with E-state index in [1.54, 1.807) is 6.20 Å². The second kappa shape index (κ2) is 3.34. The molecule has 4 heteroatoms. The summed E-state index contributed by atoms with van der Waals surface area (Å²) in [5, 5.41) is 0.208. The van der Waals surface area contributed by atoms with Crippen LogP contribution in [0.2, 0.25) is 5.28 Å². The van der Waals surface area contributed by atoms with Gasteiger partial charge in [0.15, 0.2) is 0 Å². The van der Waals surface area contributed by atoms with Crippen LogP contribution in [-0.2, 0) is 0 Å². The number of nitrogen functional groups attached to an aromatic ring is 1. The monoisotopic (exact) mass is 195 g/mol. The highest BCUT2D eigenvalue weighted by molar-refractivity contribution is 6.28. The summed E-state index contributed by atoms with van der Waals surface area (Å²) in [6, 6.07) is 0. The minimum atomic E-state index is 0.208. The molecule has 0 bridgehead atoms. The third-order valence-corrected chi connectivity index (χ3v) is 2.36. The molecule has 0 amide bonds. The highest BCUT2D eigenvalue weighted by Gasteiger charge is 2.11. The first kappa shape index (κ1) is 8.51. The summed E-state index contributed by atoms with van der Waals surface area (Å²) in [4.78, 5) is 7.83. The van der Waals surface area contributed by atoms with Crippen molar-refractivity contribution in [2.45, 2.75) is 19.3 Å². The standard InChI is InChI=1S/C9H10ClN3/c10-9-12-5-7(8(11)13-9)6-3-1-2-4-6/h3,5H,1-2,4H2,(H2,11,12,13). The summed E-state index contributed by atoms with van der Waals surface area (Å²) in [5.74, 6) is 0.480. The van der Waals surface area contributed by atoms with E-state index in [1.165, 1.54) is 12.0 Å². The van der Waals surface area contributed by atoms with Gasteiger partial charge in [0, 0.05) is 11.8 Å². The maximum absolute atomic E-state index is 5.72.